The van der Waals surface area contributed by atoms with E-state index in [0.29, 0.717) is 0 Å². The van der Waals surface area contributed by atoms with Gasteiger partial charge in [-0.25, -0.2) is 0 Å². The Morgan fingerprint density at radius 3 is 2.30 bits per heavy atom. The molecule has 118 valence electrons. The highest BCUT2D eigenvalue weighted by Gasteiger charge is 2.32. The van der Waals surface area contributed by atoms with Crippen molar-refractivity contribution in [2.24, 2.45) is 29.6 Å². The molecule has 1 heteroatoms. The van der Waals surface area contributed by atoms with Crippen LogP contribution in [-0.4, -0.2) is 12.6 Å². The fourth-order valence-corrected chi connectivity index (χ4v) is 3.98. The summed E-state index contributed by atoms with van der Waals surface area (Å²) in [5.41, 5.74) is 0. The van der Waals surface area contributed by atoms with Gasteiger partial charge in [-0.2, -0.15) is 0 Å². The summed E-state index contributed by atoms with van der Waals surface area (Å²) in [4.78, 5) is 0. The molecule has 2 rings (SSSR count). The Morgan fingerprint density at radius 1 is 0.950 bits per heavy atom. The van der Waals surface area contributed by atoms with E-state index in [0.717, 1.165) is 35.6 Å². The van der Waals surface area contributed by atoms with Crippen LogP contribution in [0.5, 0.6) is 0 Å². The van der Waals surface area contributed by atoms with Crippen molar-refractivity contribution in [1.82, 2.24) is 5.32 Å². The average Bonchev–Trinajstić information content (AvgIpc) is 3.20. The maximum absolute atomic E-state index is 3.80. The Bertz CT molecular complexity index is 267. The smallest absolute Gasteiger partial charge is 0.00683 e. The van der Waals surface area contributed by atoms with E-state index in [4.69, 9.17) is 0 Å². The van der Waals surface area contributed by atoms with Crippen LogP contribution in [0.25, 0.3) is 0 Å². The minimum absolute atomic E-state index is 0.877. The minimum Gasteiger partial charge on any atom is -0.314 e. The quantitative estimate of drug-likeness (QED) is 0.639. The van der Waals surface area contributed by atoms with Crippen LogP contribution in [0, 0.1) is 29.6 Å². The van der Waals surface area contributed by atoms with E-state index in [2.05, 4.69) is 33.0 Å². The maximum atomic E-state index is 3.80. The van der Waals surface area contributed by atoms with Gasteiger partial charge in [0.2, 0.25) is 0 Å². The van der Waals surface area contributed by atoms with Crippen molar-refractivity contribution < 1.29 is 0 Å². The third kappa shape index (κ3) is 5.39. The zero-order chi connectivity index (χ0) is 14.5. The molecule has 0 radical (unpaired) electrons. The molecule has 3 unspecified atom stereocenters. The second-order valence-electron chi connectivity index (χ2n) is 8.34. The second kappa shape index (κ2) is 7.82. The molecule has 0 saturated heterocycles. The normalized spacial score (nSPS) is 31.2. The number of rotatable bonds is 8. The molecule has 0 aromatic rings. The lowest BCUT2D eigenvalue weighted by molar-refractivity contribution is 0.134. The molecule has 0 bridgehead atoms. The zero-order valence-corrected chi connectivity index (χ0v) is 14.3. The van der Waals surface area contributed by atoms with Gasteiger partial charge >= 0.3 is 0 Å². The summed E-state index contributed by atoms with van der Waals surface area (Å²) in [5.74, 6) is 4.73. The van der Waals surface area contributed by atoms with Gasteiger partial charge in [0.15, 0.2) is 0 Å². The first kappa shape index (κ1) is 16.3. The van der Waals surface area contributed by atoms with E-state index in [1.165, 1.54) is 57.9 Å². The molecule has 0 heterocycles. The van der Waals surface area contributed by atoms with Gasteiger partial charge in [-0.05, 0) is 68.2 Å². The third-order valence-corrected chi connectivity index (χ3v) is 5.73. The van der Waals surface area contributed by atoms with Gasteiger partial charge in [0.25, 0.3) is 0 Å². The van der Waals surface area contributed by atoms with Crippen LogP contribution in [-0.2, 0) is 0 Å². The monoisotopic (exact) mass is 279 g/mol. The molecule has 20 heavy (non-hydrogen) atoms. The SMILES string of the molecule is CC(C)CCCC1CC(C(C)C)CCC1CNC1CC1. The third-order valence-electron chi connectivity index (χ3n) is 5.73. The van der Waals surface area contributed by atoms with Crippen LogP contribution in [0.2, 0.25) is 0 Å². The number of hydrogen-bond donors (Lipinski definition) is 1. The first-order valence-corrected chi connectivity index (χ1v) is 9.29. The van der Waals surface area contributed by atoms with Crippen molar-refractivity contribution in [1.29, 1.82) is 0 Å². The lowest BCUT2D eigenvalue weighted by atomic mass is 9.69. The van der Waals surface area contributed by atoms with Crippen LogP contribution in [0.3, 0.4) is 0 Å². The van der Waals surface area contributed by atoms with Crippen molar-refractivity contribution in [3.63, 3.8) is 0 Å². The van der Waals surface area contributed by atoms with E-state index < -0.39 is 0 Å². The van der Waals surface area contributed by atoms with Crippen LogP contribution in [0.15, 0.2) is 0 Å². The van der Waals surface area contributed by atoms with Crippen LogP contribution in [0.1, 0.15) is 79.1 Å². The molecule has 1 N–H and O–H groups in total. The second-order valence-corrected chi connectivity index (χ2v) is 8.34. The number of hydrogen-bond acceptors (Lipinski definition) is 1. The molecule has 0 spiro atoms. The summed E-state index contributed by atoms with van der Waals surface area (Å²) in [7, 11) is 0. The largest absolute Gasteiger partial charge is 0.314 e. The van der Waals surface area contributed by atoms with E-state index >= 15 is 0 Å². The van der Waals surface area contributed by atoms with Gasteiger partial charge in [-0.15, -0.1) is 0 Å². The Kier molecular flexibility index (Phi) is 6.39. The predicted octanol–water partition coefficient (Wildman–Crippen LogP) is 5.25. The van der Waals surface area contributed by atoms with Gasteiger partial charge in [0.05, 0.1) is 0 Å². The fourth-order valence-electron chi connectivity index (χ4n) is 3.98. The Balaban J connectivity index is 1.79. The molecule has 2 aliphatic rings. The van der Waals surface area contributed by atoms with Crippen molar-refractivity contribution >= 4 is 0 Å². The van der Waals surface area contributed by atoms with Gasteiger partial charge in [-0.1, -0.05) is 47.0 Å². The summed E-state index contributed by atoms with van der Waals surface area (Å²) < 4.78 is 0. The molecule has 0 aliphatic heterocycles. The van der Waals surface area contributed by atoms with Crippen molar-refractivity contribution in [2.45, 2.75) is 85.1 Å². The summed E-state index contributed by atoms with van der Waals surface area (Å²) in [6, 6.07) is 0.883. The molecule has 2 saturated carbocycles. The summed E-state index contributed by atoms with van der Waals surface area (Å²) in [6.07, 6.45) is 11.7. The zero-order valence-electron chi connectivity index (χ0n) is 14.3. The predicted molar refractivity (Wildman–Crippen MR) is 88.9 cm³/mol. The lowest BCUT2D eigenvalue weighted by Crippen LogP contribution is -2.35. The average molecular weight is 280 g/mol. The number of nitrogens with one attached hydrogen (secondary N) is 1. The van der Waals surface area contributed by atoms with Gasteiger partial charge in [0.1, 0.15) is 0 Å². The van der Waals surface area contributed by atoms with Crippen molar-refractivity contribution in [2.75, 3.05) is 6.54 Å². The molecule has 0 amide bonds. The molecule has 0 aromatic heterocycles. The van der Waals surface area contributed by atoms with Crippen LogP contribution >= 0.6 is 0 Å². The Hall–Kier alpha value is -0.0400. The minimum atomic E-state index is 0.877. The summed E-state index contributed by atoms with van der Waals surface area (Å²) in [6.45, 7) is 10.9. The molecular formula is C19H37N. The molecule has 0 aromatic carbocycles. The maximum Gasteiger partial charge on any atom is 0.00683 e. The van der Waals surface area contributed by atoms with E-state index in [-0.39, 0.29) is 0 Å². The highest BCUT2D eigenvalue weighted by atomic mass is 14.9. The van der Waals surface area contributed by atoms with Gasteiger partial charge in [-0.3, -0.25) is 0 Å². The first-order valence-electron chi connectivity index (χ1n) is 9.29. The molecular weight excluding hydrogens is 242 g/mol. The highest BCUT2D eigenvalue weighted by Crippen LogP contribution is 2.40. The van der Waals surface area contributed by atoms with Gasteiger partial charge < -0.3 is 5.32 Å². The first-order chi connectivity index (χ1) is 9.56. The van der Waals surface area contributed by atoms with E-state index in [1.807, 2.05) is 0 Å². The van der Waals surface area contributed by atoms with Gasteiger partial charge in [0, 0.05) is 6.04 Å². The standard InChI is InChI=1S/C19H37N/c1-14(2)6-5-7-17-12-16(15(3)4)8-9-18(17)13-20-19-10-11-19/h14-20H,5-13H2,1-4H3. The molecule has 1 nitrogen and oxygen atoms in total. The molecule has 3 atom stereocenters. The van der Waals surface area contributed by atoms with Crippen LogP contribution < -0.4 is 5.32 Å². The topological polar surface area (TPSA) is 12.0 Å². The molecule has 2 fully saturated rings. The Morgan fingerprint density at radius 2 is 1.70 bits per heavy atom. The van der Waals surface area contributed by atoms with Crippen LogP contribution in [0.4, 0.5) is 0 Å². The highest BCUT2D eigenvalue weighted by molar-refractivity contribution is 4.86. The Labute approximate surface area is 127 Å². The fraction of sp³-hybridized carbons (Fsp3) is 1.00. The van der Waals surface area contributed by atoms with Crippen molar-refractivity contribution in [3.05, 3.63) is 0 Å². The van der Waals surface area contributed by atoms with E-state index in [9.17, 15) is 0 Å². The lowest BCUT2D eigenvalue weighted by Gasteiger charge is -2.38. The van der Waals surface area contributed by atoms with E-state index in [1.54, 1.807) is 0 Å². The summed E-state index contributed by atoms with van der Waals surface area (Å²) >= 11 is 0. The van der Waals surface area contributed by atoms with Crippen molar-refractivity contribution in [3.8, 4) is 0 Å². The molecule has 2 aliphatic carbocycles. The summed E-state index contributed by atoms with van der Waals surface area (Å²) in [5, 5.41) is 3.80.